The van der Waals surface area contributed by atoms with Gasteiger partial charge in [-0.15, -0.1) is 0 Å². The summed E-state index contributed by atoms with van der Waals surface area (Å²) in [6.45, 7) is 0. The van der Waals surface area contributed by atoms with Crippen LogP contribution in [0.1, 0.15) is 0 Å². The van der Waals surface area contributed by atoms with Crippen LogP contribution in [0.25, 0.3) is 44.8 Å². The second kappa shape index (κ2) is 8.51. The largest absolute Gasteiger partial charge is 0.504 e. The van der Waals surface area contributed by atoms with Gasteiger partial charge in [-0.1, -0.05) is 24.3 Å². The maximum Gasteiger partial charge on any atom is 0.158 e. The van der Waals surface area contributed by atoms with Crippen LogP contribution in [-0.4, -0.2) is 40.4 Å². The zero-order valence-corrected chi connectivity index (χ0v) is 17.8. The maximum absolute atomic E-state index is 9.44. The number of nitrogens with one attached hydrogen (secondary N) is 2. The van der Waals surface area contributed by atoms with Gasteiger partial charge in [0.25, 0.3) is 0 Å². The Morgan fingerprint density at radius 3 is 1.26 bits per heavy atom. The van der Waals surface area contributed by atoms with Crippen LogP contribution >= 0.6 is 0 Å². The summed E-state index contributed by atoms with van der Waals surface area (Å²) in [7, 11) is 0. The number of imidazole rings is 2. The summed E-state index contributed by atoms with van der Waals surface area (Å²) in [6, 6.07) is 24.6. The first kappa shape index (κ1) is 20.9. The van der Waals surface area contributed by atoms with Crippen molar-refractivity contribution in [3.63, 3.8) is 0 Å². The van der Waals surface area contributed by atoms with Crippen LogP contribution in [0.3, 0.4) is 0 Å². The Labute approximate surface area is 193 Å². The molecule has 0 fully saturated rings. The van der Waals surface area contributed by atoms with Crippen molar-refractivity contribution in [2.45, 2.75) is 0 Å². The monoisotopic (exact) mass is 452 g/mol. The average Bonchev–Trinajstić information content (AvgIpc) is 3.47. The molecule has 4 aromatic carbocycles. The zero-order valence-electron chi connectivity index (χ0n) is 17.8. The molecular weight excluding hydrogens is 432 g/mol. The Morgan fingerprint density at radius 1 is 0.471 bits per heavy atom. The third kappa shape index (κ3) is 4.07. The molecular formula is C26H20N4O4. The van der Waals surface area contributed by atoms with Crippen LogP contribution in [-0.2, 0) is 0 Å². The van der Waals surface area contributed by atoms with Crippen molar-refractivity contribution in [1.82, 2.24) is 19.9 Å². The molecule has 2 aromatic heterocycles. The quantitative estimate of drug-likeness (QED) is 0.198. The number of H-pyrrole nitrogens is 2. The first-order valence-electron chi connectivity index (χ1n) is 10.4. The number of nitrogens with zero attached hydrogens (tertiary/aromatic N) is 2. The van der Waals surface area contributed by atoms with E-state index in [0.29, 0.717) is 11.6 Å². The van der Waals surface area contributed by atoms with E-state index in [1.54, 1.807) is 12.1 Å². The van der Waals surface area contributed by atoms with Crippen molar-refractivity contribution in [3.8, 4) is 45.8 Å². The standard InChI is InChI=1S/2C13H10N2O2/c2*16-11-6-5-8(7-12(11)17)13-14-9-3-1-2-4-10(9)15-13/h2*1-7,16-17H,(H,14,15). The summed E-state index contributed by atoms with van der Waals surface area (Å²) >= 11 is 0. The third-order valence-electron chi connectivity index (χ3n) is 5.28. The van der Waals surface area contributed by atoms with E-state index >= 15 is 0 Å². The summed E-state index contributed by atoms with van der Waals surface area (Å²) in [6.07, 6.45) is 0. The van der Waals surface area contributed by atoms with E-state index in [2.05, 4.69) is 19.9 Å². The molecule has 2 heterocycles. The van der Waals surface area contributed by atoms with Gasteiger partial charge in [0.1, 0.15) is 11.6 Å². The van der Waals surface area contributed by atoms with Crippen LogP contribution < -0.4 is 0 Å². The predicted octanol–water partition coefficient (Wildman–Crippen LogP) is 5.28. The van der Waals surface area contributed by atoms with Gasteiger partial charge in [0, 0.05) is 11.1 Å². The van der Waals surface area contributed by atoms with E-state index in [1.807, 2.05) is 48.5 Å². The maximum atomic E-state index is 9.44. The van der Waals surface area contributed by atoms with Crippen LogP contribution in [0.15, 0.2) is 84.9 Å². The van der Waals surface area contributed by atoms with E-state index in [-0.39, 0.29) is 23.0 Å². The van der Waals surface area contributed by atoms with Gasteiger partial charge in [0.2, 0.25) is 0 Å². The molecule has 8 nitrogen and oxygen atoms in total. The first-order valence-corrected chi connectivity index (χ1v) is 10.4. The summed E-state index contributed by atoms with van der Waals surface area (Å²) in [5.74, 6) is 0.767. The van der Waals surface area contributed by atoms with Gasteiger partial charge in [0.15, 0.2) is 23.0 Å². The van der Waals surface area contributed by atoms with Crippen molar-refractivity contribution in [1.29, 1.82) is 0 Å². The SMILES string of the molecule is Oc1ccc(-c2nc3ccccc3[nH]2)cc1O.Oc1ccc(-c2nc3ccccc3[nH]2)cc1O. The number of para-hydroxylation sites is 4. The lowest BCUT2D eigenvalue weighted by Crippen LogP contribution is -1.80. The Kier molecular flexibility index (Phi) is 5.23. The van der Waals surface area contributed by atoms with E-state index < -0.39 is 0 Å². The Balaban J connectivity index is 0.000000142. The molecule has 6 N–H and O–H groups in total. The van der Waals surface area contributed by atoms with E-state index in [0.717, 1.165) is 33.2 Å². The smallest absolute Gasteiger partial charge is 0.158 e. The minimum atomic E-state index is -0.150. The molecule has 168 valence electrons. The lowest BCUT2D eigenvalue weighted by molar-refractivity contribution is 0.404. The molecule has 34 heavy (non-hydrogen) atoms. The molecule has 0 amide bonds. The molecule has 0 atom stereocenters. The predicted molar refractivity (Wildman–Crippen MR) is 130 cm³/mol. The van der Waals surface area contributed by atoms with Gasteiger partial charge in [-0.25, -0.2) is 9.97 Å². The summed E-state index contributed by atoms with van der Waals surface area (Å²) in [4.78, 5) is 15.1. The fourth-order valence-electron chi connectivity index (χ4n) is 3.52. The highest BCUT2D eigenvalue weighted by Crippen LogP contribution is 2.31. The number of phenols is 4. The molecule has 0 unspecified atom stereocenters. The van der Waals surface area contributed by atoms with Crippen LogP contribution in [0.4, 0.5) is 0 Å². The first-order chi connectivity index (χ1) is 16.5. The fraction of sp³-hybridized carbons (Fsp3) is 0. The van der Waals surface area contributed by atoms with Crippen LogP contribution in [0.5, 0.6) is 23.0 Å². The second-order valence-electron chi connectivity index (χ2n) is 7.61. The highest BCUT2D eigenvalue weighted by atomic mass is 16.3. The highest BCUT2D eigenvalue weighted by Gasteiger charge is 2.08. The summed E-state index contributed by atoms with van der Waals surface area (Å²) in [5.41, 5.74) is 5.09. The van der Waals surface area contributed by atoms with Gasteiger partial charge in [-0.05, 0) is 60.7 Å². The van der Waals surface area contributed by atoms with Crippen LogP contribution in [0.2, 0.25) is 0 Å². The van der Waals surface area contributed by atoms with E-state index in [9.17, 15) is 20.4 Å². The molecule has 0 saturated carbocycles. The van der Waals surface area contributed by atoms with E-state index in [4.69, 9.17) is 0 Å². The number of rotatable bonds is 2. The molecule has 0 radical (unpaired) electrons. The summed E-state index contributed by atoms with van der Waals surface area (Å²) in [5, 5.41) is 37.4. The number of aromatic nitrogens is 4. The Hall–Kier alpha value is -4.98. The van der Waals surface area contributed by atoms with E-state index in [1.165, 1.54) is 24.3 Å². The van der Waals surface area contributed by atoms with Gasteiger partial charge in [0.05, 0.1) is 22.1 Å². The molecule has 6 rings (SSSR count). The number of hydrogen-bond acceptors (Lipinski definition) is 6. The number of aromatic amines is 2. The molecule has 0 aliphatic carbocycles. The minimum absolute atomic E-state index is 0.134. The highest BCUT2D eigenvalue weighted by molar-refractivity contribution is 5.80. The summed E-state index contributed by atoms with van der Waals surface area (Å²) < 4.78 is 0. The van der Waals surface area contributed by atoms with Gasteiger partial charge >= 0.3 is 0 Å². The fourth-order valence-corrected chi connectivity index (χ4v) is 3.52. The second-order valence-corrected chi connectivity index (χ2v) is 7.61. The lowest BCUT2D eigenvalue weighted by Gasteiger charge is -1.99. The number of benzene rings is 4. The Bertz CT molecular complexity index is 1430. The lowest BCUT2D eigenvalue weighted by atomic mass is 10.2. The normalized spacial score (nSPS) is 10.8. The van der Waals surface area contributed by atoms with Gasteiger partial charge < -0.3 is 30.4 Å². The molecule has 0 bridgehead atoms. The number of phenolic OH excluding ortho intramolecular Hbond substituents is 4. The third-order valence-corrected chi connectivity index (χ3v) is 5.28. The topological polar surface area (TPSA) is 138 Å². The zero-order chi connectivity index (χ0) is 23.7. The molecule has 0 saturated heterocycles. The Morgan fingerprint density at radius 2 is 0.882 bits per heavy atom. The molecule has 8 heteroatoms. The van der Waals surface area contributed by atoms with Gasteiger partial charge in [-0.3, -0.25) is 0 Å². The molecule has 0 aliphatic heterocycles. The molecule has 0 aliphatic rings. The van der Waals surface area contributed by atoms with Crippen molar-refractivity contribution < 1.29 is 20.4 Å². The minimum Gasteiger partial charge on any atom is -0.504 e. The molecule has 6 aromatic rings. The van der Waals surface area contributed by atoms with Crippen molar-refractivity contribution >= 4 is 22.1 Å². The number of fused-ring (bicyclic) bond motifs is 2. The van der Waals surface area contributed by atoms with Crippen molar-refractivity contribution in [2.24, 2.45) is 0 Å². The van der Waals surface area contributed by atoms with Crippen LogP contribution in [0, 0.1) is 0 Å². The molecule has 0 spiro atoms. The number of aromatic hydroxyl groups is 4. The van der Waals surface area contributed by atoms with Crippen molar-refractivity contribution in [3.05, 3.63) is 84.9 Å². The average molecular weight is 452 g/mol. The number of hydrogen-bond donors (Lipinski definition) is 6. The van der Waals surface area contributed by atoms with Crippen molar-refractivity contribution in [2.75, 3.05) is 0 Å². The van der Waals surface area contributed by atoms with Gasteiger partial charge in [-0.2, -0.15) is 0 Å².